The van der Waals surface area contributed by atoms with E-state index < -0.39 is 0 Å². The first-order valence-electron chi connectivity index (χ1n) is 3.98. The maximum atomic E-state index is 11.2. The molecule has 0 aromatic heterocycles. The summed E-state index contributed by atoms with van der Waals surface area (Å²) in [5.74, 6) is -0.179. The van der Waals surface area contributed by atoms with Gasteiger partial charge in [-0.2, -0.15) is 0 Å². The highest BCUT2D eigenvalue weighted by atomic mass is 16.5. The van der Waals surface area contributed by atoms with Crippen molar-refractivity contribution in [2.24, 2.45) is 0 Å². The molecule has 0 bridgehead atoms. The molecule has 1 atom stereocenters. The monoisotopic (exact) mass is 171 g/mol. The van der Waals surface area contributed by atoms with Crippen molar-refractivity contribution in [2.75, 3.05) is 21.2 Å². The van der Waals surface area contributed by atoms with E-state index in [1.807, 2.05) is 19.0 Å². The molecule has 0 unspecified atom stereocenters. The predicted molar refractivity (Wildman–Crippen MR) is 48.9 cm³/mol. The molecule has 70 valence electrons. The minimum Gasteiger partial charge on any atom is -0.468 e. The highest BCUT2D eigenvalue weighted by Gasteiger charge is 2.19. The minimum atomic E-state index is -0.179. The molecule has 0 aliphatic rings. The van der Waals surface area contributed by atoms with Crippen molar-refractivity contribution in [2.45, 2.75) is 18.9 Å². The lowest BCUT2D eigenvalue weighted by atomic mass is 10.1. The highest BCUT2D eigenvalue weighted by Crippen LogP contribution is 2.05. The second-order valence-electron chi connectivity index (χ2n) is 2.87. The maximum absolute atomic E-state index is 11.2. The Kier molecular flexibility index (Phi) is 5.37. The van der Waals surface area contributed by atoms with E-state index in [1.54, 1.807) is 6.08 Å². The van der Waals surface area contributed by atoms with Gasteiger partial charge in [-0.3, -0.25) is 9.69 Å². The molecule has 0 amide bonds. The summed E-state index contributed by atoms with van der Waals surface area (Å²) >= 11 is 0. The summed E-state index contributed by atoms with van der Waals surface area (Å²) in [6.07, 6.45) is 3.40. The molecule has 0 radical (unpaired) electrons. The fraction of sp³-hybridized carbons (Fsp3) is 0.667. The lowest BCUT2D eigenvalue weighted by Gasteiger charge is -2.20. The van der Waals surface area contributed by atoms with Crippen LogP contribution in [-0.2, 0) is 9.53 Å². The standard InChI is InChI=1S/C9H17NO2/c1-5-6-7-8(10(2)3)9(11)12-4/h5,8H,1,6-7H2,2-4H3/t8-/m1/s1. The van der Waals surface area contributed by atoms with E-state index in [0.29, 0.717) is 0 Å². The van der Waals surface area contributed by atoms with Gasteiger partial charge in [-0.15, -0.1) is 6.58 Å². The van der Waals surface area contributed by atoms with Crippen LogP contribution in [0.2, 0.25) is 0 Å². The maximum Gasteiger partial charge on any atom is 0.323 e. The predicted octanol–water partition coefficient (Wildman–Crippen LogP) is 1.06. The molecular weight excluding hydrogens is 154 g/mol. The van der Waals surface area contributed by atoms with Crippen molar-refractivity contribution in [3.8, 4) is 0 Å². The number of esters is 1. The fourth-order valence-electron chi connectivity index (χ4n) is 0.999. The summed E-state index contributed by atoms with van der Waals surface area (Å²) in [6.45, 7) is 3.61. The molecule has 0 heterocycles. The first-order chi connectivity index (χ1) is 5.63. The number of rotatable bonds is 5. The Morgan fingerprint density at radius 3 is 2.58 bits per heavy atom. The van der Waals surface area contributed by atoms with Gasteiger partial charge < -0.3 is 4.74 Å². The van der Waals surface area contributed by atoms with E-state index in [4.69, 9.17) is 0 Å². The zero-order valence-corrected chi connectivity index (χ0v) is 8.04. The van der Waals surface area contributed by atoms with Crippen LogP contribution in [0.15, 0.2) is 12.7 Å². The molecule has 0 rings (SSSR count). The Balaban J connectivity index is 4.03. The van der Waals surface area contributed by atoms with Crippen molar-refractivity contribution < 1.29 is 9.53 Å². The molecule has 0 saturated carbocycles. The minimum absolute atomic E-state index is 0.145. The van der Waals surface area contributed by atoms with Gasteiger partial charge in [0, 0.05) is 0 Å². The van der Waals surface area contributed by atoms with Crippen LogP contribution in [-0.4, -0.2) is 38.1 Å². The molecule has 12 heavy (non-hydrogen) atoms. The van der Waals surface area contributed by atoms with Gasteiger partial charge in [0.15, 0.2) is 0 Å². The molecule has 0 aliphatic carbocycles. The number of methoxy groups -OCH3 is 1. The summed E-state index contributed by atoms with van der Waals surface area (Å²) < 4.78 is 4.66. The Morgan fingerprint density at radius 2 is 2.25 bits per heavy atom. The van der Waals surface area contributed by atoms with Crippen molar-refractivity contribution in [1.82, 2.24) is 4.90 Å². The lowest BCUT2D eigenvalue weighted by Crippen LogP contribution is -2.36. The van der Waals surface area contributed by atoms with Crippen LogP contribution < -0.4 is 0 Å². The average molecular weight is 171 g/mol. The largest absolute Gasteiger partial charge is 0.468 e. The van der Waals surface area contributed by atoms with Crippen LogP contribution in [0, 0.1) is 0 Å². The van der Waals surface area contributed by atoms with Crippen molar-refractivity contribution >= 4 is 5.97 Å². The first kappa shape index (κ1) is 11.2. The van der Waals surface area contributed by atoms with Crippen LogP contribution in [0.5, 0.6) is 0 Å². The van der Waals surface area contributed by atoms with E-state index in [2.05, 4.69) is 11.3 Å². The van der Waals surface area contributed by atoms with Crippen LogP contribution in [0.4, 0.5) is 0 Å². The Labute approximate surface area is 74.0 Å². The topological polar surface area (TPSA) is 29.5 Å². The van der Waals surface area contributed by atoms with E-state index in [9.17, 15) is 4.79 Å². The third-order valence-corrected chi connectivity index (χ3v) is 1.74. The number of ether oxygens (including phenoxy) is 1. The number of allylic oxidation sites excluding steroid dienone is 1. The third kappa shape index (κ3) is 3.53. The summed E-state index contributed by atoms with van der Waals surface area (Å²) in [6, 6.07) is -0.145. The van der Waals surface area contributed by atoms with E-state index in [1.165, 1.54) is 7.11 Å². The number of carbonyl (C=O) groups excluding carboxylic acids is 1. The second kappa shape index (κ2) is 5.77. The molecule has 0 fully saturated rings. The summed E-state index contributed by atoms with van der Waals surface area (Å²) in [4.78, 5) is 13.0. The molecular formula is C9H17NO2. The quantitative estimate of drug-likeness (QED) is 0.457. The van der Waals surface area contributed by atoms with Gasteiger partial charge in [-0.1, -0.05) is 6.08 Å². The average Bonchev–Trinajstić information content (AvgIpc) is 2.04. The van der Waals surface area contributed by atoms with E-state index >= 15 is 0 Å². The Hall–Kier alpha value is -0.830. The molecule has 0 aromatic carbocycles. The smallest absolute Gasteiger partial charge is 0.323 e. The normalized spacial score (nSPS) is 12.7. The zero-order chi connectivity index (χ0) is 9.56. The van der Waals surface area contributed by atoms with E-state index in [-0.39, 0.29) is 12.0 Å². The van der Waals surface area contributed by atoms with Crippen LogP contribution >= 0.6 is 0 Å². The second-order valence-corrected chi connectivity index (χ2v) is 2.87. The molecule has 0 aromatic rings. The SMILES string of the molecule is C=CCC[C@H](C(=O)OC)N(C)C. The number of likely N-dealkylation sites (N-methyl/N-ethyl adjacent to an activating group) is 1. The summed E-state index contributed by atoms with van der Waals surface area (Å²) in [5.41, 5.74) is 0. The van der Waals surface area contributed by atoms with Gasteiger partial charge >= 0.3 is 5.97 Å². The lowest BCUT2D eigenvalue weighted by molar-refractivity contribution is -0.146. The molecule has 3 nitrogen and oxygen atoms in total. The third-order valence-electron chi connectivity index (χ3n) is 1.74. The Bertz CT molecular complexity index is 155. The van der Waals surface area contributed by atoms with Crippen molar-refractivity contribution in [1.29, 1.82) is 0 Å². The van der Waals surface area contributed by atoms with Gasteiger partial charge in [0.1, 0.15) is 6.04 Å². The molecule has 0 spiro atoms. The Morgan fingerprint density at radius 1 is 1.67 bits per heavy atom. The summed E-state index contributed by atoms with van der Waals surface area (Å²) in [7, 11) is 5.14. The number of hydrogen-bond donors (Lipinski definition) is 0. The van der Waals surface area contributed by atoms with Gasteiger partial charge in [-0.25, -0.2) is 0 Å². The number of carbonyl (C=O) groups is 1. The zero-order valence-electron chi connectivity index (χ0n) is 8.04. The molecule has 0 saturated heterocycles. The van der Waals surface area contributed by atoms with Crippen LogP contribution in [0.3, 0.4) is 0 Å². The highest BCUT2D eigenvalue weighted by molar-refractivity contribution is 5.75. The van der Waals surface area contributed by atoms with Gasteiger partial charge in [0.25, 0.3) is 0 Å². The van der Waals surface area contributed by atoms with Crippen molar-refractivity contribution in [3.63, 3.8) is 0 Å². The first-order valence-corrected chi connectivity index (χ1v) is 3.98. The van der Waals surface area contributed by atoms with Crippen LogP contribution in [0.1, 0.15) is 12.8 Å². The fourth-order valence-corrected chi connectivity index (χ4v) is 0.999. The van der Waals surface area contributed by atoms with Gasteiger partial charge in [-0.05, 0) is 26.9 Å². The number of nitrogens with zero attached hydrogens (tertiary/aromatic N) is 1. The van der Waals surface area contributed by atoms with E-state index in [0.717, 1.165) is 12.8 Å². The number of hydrogen-bond acceptors (Lipinski definition) is 3. The van der Waals surface area contributed by atoms with Gasteiger partial charge in [0.05, 0.1) is 7.11 Å². The molecule has 0 N–H and O–H groups in total. The summed E-state index contributed by atoms with van der Waals surface area (Å²) in [5, 5.41) is 0. The van der Waals surface area contributed by atoms with Gasteiger partial charge in [0.2, 0.25) is 0 Å². The van der Waals surface area contributed by atoms with Crippen molar-refractivity contribution in [3.05, 3.63) is 12.7 Å². The van der Waals surface area contributed by atoms with Crippen LogP contribution in [0.25, 0.3) is 0 Å². The molecule has 0 aliphatic heterocycles. The molecule has 3 heteroatoms.